The third-order valence-electron chi connectivity index (χ3n) is 6.60. The summed E-state index contributed by atoms with van der Waals surface area (Å²) in [5.74, 6) is -1.32. The monoisotopic (exact) mass is 439 g/mol. The number of likely N-dealkylation sites (tertiary alicyclic amines) is 1. The minimum absolute atomic E-state index is 0.0145. The summed E-state index contributed by atoms with van der Waals surface area (Å²) >= 11 is 0. The number of methoxy groups -OCH3 is 1. The zero-order chi connectivity index (χ0) is 22.4. The molecule has 172 valence electrons. The van der Waals surface area contributed by atoms with Crippen molar-refractivity contribution in [3.63, 3.8) is 0 Å². The normalized spacial score (nSPS) is 31.6. The molecule has 10 nitrogen and oxygen atoms in total. The molecule has 4 rings (SSSR count). The Bertz CT molecular complexity index is 852. The van der Waals surface area contributed by atoms with Crippen LogP contribution in [0.4, 0.5) is 0 Å². The van der Waals surface area contributed by atoms with Crippen molar-refractivity contribution in [3.8, 4) is 17.2 Å². The summed E-state index contributed by atoms with van der Waals surface area (Å²) in [5.41, 5.74) is 0.212. The number of hydrogen-bond acceptors (Lipinski definition) is 10. The van der Waals surface area contributed by atoms with Crippen LogP contribution in [0.1, 0.15) is 47.4 Å². The number of hydrogen-bond donors (Lipinski definition) is 5. The summed E-state index contributed by atoms with van der Waals surface area (Å²) in [5, 5.41) is 51.8. The van der Waals surface area contributed by atoms with Crippen molar-refractivity contribution in [1.82, 2.24) is 4.90 Å². The Morgan fingerprint density at radius 1 is 1.13 bits per heavy atom. The van der Waals surface area contributed by atoms with E-state index in [0.717, 1.165) is 25.9 Å². The van der Waals surface area contributed by atoms with E-state index in [9.17, 15) is 30.3 Å². The predicted octanol–water partition coefficient (Wildman–Crippen LogP) is 0.0313. The molecule has 3 heterocycles. The maximum atomic E-state index is 13.0. The molecule has 0 aromatic heterocycles. The van der Waals surface area contributed by atoms with E-state index in [1.807, 2.05) is 0 Å². The fourth-order valence-corrected chi connectivity index (χ4v) is 4.71. The number of esters is 1. The summed E-state index contributed by atoms with van der Waals surface area (Å²) in [6.45, 7) is 3.40. The number of fused-ring (bicyclic) bond motifs is 3. The van der Waals surface area contributed by atoms with Gasteiger partial charge in [0.1, 0.15) is 24.4 Å². The minimum atomic E-state index is -1.53. The van der Waals surface area contributed by atoms with Crippen molar-refractivity contribution in [3.05, 3.63) is 16.7 Å². The quantitative estimate of drug-likeness (QED) is 0.407. The maximum absolute atomic E-state index is 13.0. The highest BCUT2D eigenvalue weighted by Gasteiger charge is 2.53. The van der Waals surface area contributed by atoms with Crippen LogP contribution in [0.25, 0.3) is 0 Å². The van der Waals surface area contributed by atoms with Gasteiger partial charge in [-0.2, -0.15) is 0 Å². The van der Waals surface area contributed by atoms with E-state index in [4.69, 9.17) is 14.2 Å². The Morgan fingerprint density at radius 2 is 1.81 bits per heavy atom. The number of carbonyl (C=O) groups is 1. The summed E-state index contributed by atoms with van der Waals surface area (Å²) in [7, 11) is 1.28. The Hall–Kier alpha value is -2.11. The van der Waals surface area contributed by atoms with Crippen molar-refractivity contribution in [1.29, 1.82) is 0 Å². The zero-order valence-electron chi connectivity index (χ0n) is 17.5. The van der Waals surface area contributed by atoms with Gasteiger partial charge in [-0.1, -0.05) is 6.92 Å². The maximum Gasteiger partial charge on any atom is 0.339 e. The van der Waals surface area contributed by atoms with Gasteiger partial charge in [-0.15, -0.1) is 0 Å². The summed E-state index contributed by atoms with van der Waals surface area (Å²) in [6.07, 6.45) is -4.63. The summed E-state index contributed by atoms with van der Waals surface area (Å²) < 4.78 is 16.3. The molecule has 0 amide bonds. The lowest BCUT2D eigenvalue weighted by molar-refractivity contribution is -0.235. The van der Waals surface area contributed by atoms with Crippen molar-refractivity contribution in [2.24, 2.45) is 5.92 Å². The number of aliphatic hydroxyl groups is 3. The van der Waals surface area contributed by atoms with E-state index in [2.05, 4.69) is 11.8 Å². The SMILES string of the molecule is COc1c(O)c(CN2CCC(C)CC2)c2c(c1O)C1O[C@@H](CO)[C@H](O)[C@@H](O)C1OC2=O. The molecule has 5 atom stereocenters. The molecule has 0 bridgehead atoms. The molecular weight excluding hydrogens is 410 g/mol. The third kappa shape index (κ3) is 3.62. The van der Waals surface area contributed by atoms with Crippen molar-refractivity contribution >= 4 is 5.97 Å². The number of nitrogens with zero attached hydrogens (tertiary/aromatic N) is 1. The first-order valence-corrected chi connectivity index (χ1v) is 10.5. The highest BCUT2D eigenvalue weighted by atomic mass is 16.6. The van der Waals surface area contributed by atoms with Gasteiger partial charge in [-0.3, -0.25) is 4.90 Å². The average Bonchev–Trinajstić information content (AvgIpc) is 2.75. The van der Waals surface area contributed by atoms with Crippen LogP contribution in [-0.2, 0) is 16.0 Å². The third-order valence-corrected chi connectivity index (χ3v) is 6.60. The number of piperidine rings is 1. The molecule has 2 saturated heterocycles. The summed E-state index contributed by atoms with van der Waals surface area (Å²) in [4.78, 5) is 15.1. The first-order valence-electron chi connectivity index (χ1n) is 10.5. The number of carbonyl (C=O) groups excluding carboxylic acids is 1. The van der Waals surface area contributed by atoms with E-state index < -0.39 is 48.8 Å². The second-order valence-electron chi connectivity index (χ2n) is 8.59. The van der Waals surface area contributed by atoms with E-state index in [1.165, 1.54) is 7.11 Å². The smallest absolute Gasteiger partial charge is 0.339 e. The second kappa shape index (κ2) is 8.44. The zero-order valence-corrected chi connectivity index (χ0v) is 17.5. The van der Waals surface area contributed by atoms with Crippen LogP contribution < -0.4 is 4.74 Å². The topological polar surface area (TPSA) is 149 Å². The molecule has 3 aliphatic heterocycles. The number of phenolic OH excluding ortho intramolecular Hbond substituents is 2. The fourth-order valence-electron chi connectivity index (χ4n) is 4.71. The molecule has 1 aromatic carbocycles. The molecule has 1 aromatic rings. The van der Waals surface area contributed by atoms with Gasteiger partial charge >= 0.3 is 5.97 Å². The molecule has 0 aliphatic carbocycles. The van der Waals surface area contributed by atoms with Gasteiger partial charge in [-0.25, -0.2) is 4.79 Å². The van der Waals surface area contributed by atoms with Gasteiger partial charge in [0.2, 0.25) is 5.75 Å². The summed E-state index contributed by atoms with van der Waals surface area (Å²) in [6, 6.07) is 0. The minimum Gasteiger partial charge on any atom is -0.504 e. The van der Waals surface area contributed by atoms with E-state index in [0.29, 0.717) is 5.92 Å². The molecular formula is C21H29NO9. The van der Waals surface area contributed by atoms with Crippen LogP contribution in [-0.4, -0.2) is 87.6 Å². The average molecular weight is 439 g/mol. The largest absolute Gasteiger partial charge is 0.504 e. The highest BCUT2D eigenvalue weighted by Crippen LogP contribution is 2.52. The molecule has 2 unspecified atom stereocenters. The Balaban J connectivity index is 1.82. The van der Waals surface area contributed by atoms with E-state index >= 15 is 0 Å². The van der Waals surface area contributed by atoms with Gasteiger partial charge in [-0.05, 0) is 31.8 Å². The van der Waals surface area contributed by atoms with Crippen molar-refractivity contribution in [2.75, 3.05) is 26.8 Å². The van der Waals surface area contributed by atoms with Gasteiger partial charge in [0.25, 0.3) is 0 Å². The number of aromatic hydroxyl groups is 2. The fraction of sp³-hybridized carbons (Fsp3) is 0.667. The molecule has 0 saturated carbocycles. The van der Waals surface area contributed by atoms with Gasteiger partial charge < -0.3 is 39.7 Å². The number of ether oxygens (including phenoxy) is 3. The van der Waals surface area contributed by atoms with Crippen LogP contribution in [0, 0.1) is 5.92 Å². The number of benzene rings is 1. The standard InChI is InChI=1S/C21H29NO9/c1-9-3-5-22(6-4-9)7-10-12-13(16(26)19(29-2)14(10)24)18-20(31-21(12)28)17(27)15(25)11(8-23)30-18/h9,11,15,17-18,20,23-27H,3-8H2,1-2H3/t11-,15-,17+,18?,20?/m0/s1. The van der Waals surface area contributed by atoms with Gasteiger partial charge in [0.05, 0.1) is 19.3 Å². The molecule has 10 heteroatoms. The van der Waals surface area contributed by atoms with Crippen LogP contribution in [0.15, 0.2) is 0 Å². The van der Waals surface area contributed by atoms with E-state index in [1.54, 1.807) is 0 Å². The molecule has 3 aliphatic rings. The Morgan fingerprint density at radius 3 is 2.42 bits per heavy atom. The van der Waals surface area contributed by atoms with E-state index in [-0.39, 0.29) is 34.7 Å². The van der Waals surface area contributed by atoms with Crippen LogP contribution in [0.5, 0.6) is 17.2 Å². The Kier molecular flexibility index (Phi) is 6.01. The second-order valence-corrected chi connectivity index (χ2v) is 8.59. The first kappa shape index (κ1) is 22.1. The molecule has 2 fully saturated rings. The van der Waals surface area contributed by atoms with Gasteiger partial charge in [0, 0.05) is 17.7 Å². The lowest BCUT2D eigenvalue weighted by Gasteiger charge is -2.45. The lowest BCUT2D eigenvalue weighted by Crippen LogP contribution is -2.58. The van der Waals surface area contributed by atoms with Crippen molar-refractivity contribution in [2.45, 2.75) is 56.8 Å². The molecule has 0 spiro atoms. The van der Waals surface area contributed by atoms with Gasteiger partial charge in [0.15, 0.2) is 17.6 Å². The number of aliphatic hydroxyl groups excluding tert-OH is 3. The van der Waals surface area contributed by atoms with Crippen LogP contribution in [0.2, 0.25) is 0 Å². The Labute approximate surface area is 179 Å². The number of phenols is 2. The van der Waals surface area contributed by atoms with Crippen LogP contribution >= 0.6 is 0 Å². The molecule has 0 radical (unpaired) electrons. The molecule has 5 N–H and O–H groups in total. The first-order chi connectivity index (χ1) is 14.8. The van der Waals surface area contributed by atoms with Crippen molar-refractivity contribution < 1.29 is 44.5 Å². The highest BCUT2D eigenvalue weighted by molar-refractivity contribution is 5.97. The number of rotatable bonds is 4. The molecule has 31 heavy (non-hydrogen) atoms. The lowest BCUT2D eigenvalue weighted by atomic mass is 9.84. The van der Waals surface area contributed by atoms with Crippen LogP contribution in [0.3, 0.4) is 0 Å². The predicted molar refractivity (Wildman–Crippen MR) is 106 cm³/mol.